The van der Waals surface area contributed by atoms with Crippen LogP contribution in [0.25, 0.3) is 0 Å². The molecule has 0 saturated carbocycles. The molecule has 0 aliphatic rings. The van der Waals surface area contributed by atoms with Gasteiger partial charge in [0.2, 0.25) is 100 Å². The molecule has 122 heavy (non-hydrogen) atoms. The number of aromatic hydroxyl groups is 1. The molecule has 1 aromatic carbocycles. The summed E-state index contributed by atoms with van der Waals surface area (Å²) in [5, 5.41) is 145. The van der Waals surface area contributed by atoms with Crippen molar-refractivity contribution in [2.24, 2.45) is 34.6 Å². The Labute approximate surface area is 696 Å². The quantitative estimate of drug-likeness (QED) is 0.0164. The van der Waals surface area contributed by atoms with E-state index >= 15 is 0 Å². The van der Waals surface area contributed by atoms with Gasteiger partial charge >= 0.3 is 11.9 Å². The van der Waals surface area contributed by atoms with Crippen LogP contribution in [0.5, 0.6) is 5.75 Å². The van der Waals surface area contributed by atoms with Crippen molar-refractivity contribution in [3.63, 3.8) is 0 Å². The molecule has 14 atom stereocenters. The van der Waals surface area contributed by atoms with Crippen LogP contribution in [0.1, 0.15) is 91.0 Å². The van der Waals surface area contributed by atoms with Crippen molar-refractivity contribution in [3.8, 4) is 5.75 Å². The molecular weight excluding hydrogens is 1630 g/mol. The lowest BCUT2D eigenvalue weighted by molar-refractivity contribution is -0.142. The monoisotopic (exact) mass is 1740 g/mol. The number of nitrogens with two attached hydrogens (primary N) is 5. The number of rotatable bonds is 58. The van der Waals surface area contributed by atoms with Gasteiger partial charge in [0.25, 0.3) is 0 Å². The summed E-state index contributed by atoms with van der Waals surface area (Å²) in [6.45, 7) is -3.17. The summed E-state index contributed by atoms with van der Waals surface area (Å²) in [5.74, 6) is -25.8. The number of carbonyl (C=O) groups excluding carboxylic acids is 17. The number of hydrogen-bond acceptors (Lipinski definition) is 29. The number of amides is 17. The van der Waals surface area contributed by atoms with Gasteiger partial charge in [-0.05, 0) is 82.4 Å². The van der Waals surface area contributed by atoms with E-state index in [1.54, 1.807) is 0 Å². The Morgan fingerprint density at radius 3 is 1.06 bits per heavy atom. The van der Waals surface area contributed by atoms with Crippen molar-refractivity contribution in [2.75, 3.05) is 72.3 Å². The minimum absolute atomic E-state index is 0.000151. The van der Waals surface area contributed by atoms with Crippen LogP contribution in [0.2, 0.25) is 0 Å². The molecule has 40 N–H and O–H groups in total. The van der Waals surface area contributed by atoms with E-state index in [9.17, 15) is 132 Å². The third-order valence-electron chi connectivity index (χ3n) is 17.0. The highest BCUT2D eigenvalue weighted by Gasteiger charge is 2.38. The van der Waals surface area contributed by atoms with Crippen LogP contribution in [-0.2, 0) is 97.5 Å². The second-order valence-electron chi connectivity index (χ2n) is 27.4. The fourth-order valence-corrected chi connectivity index (χ4v) is 10.4. The number of carboxylic acid groups (broad SMARTS) is 2. The highest BCUT2D eigenvalue weighted by molar-refractivity contribution is 6.01. The maximum Gasteiger partial charge on any atom is 0.305 e. The number of primary amides is 1. The number of phenols is 1. The highest BCUT2D eigenvalue weighted by atomic mass is 16.4. The number of benzene rings is 1. The largest absolute Gasteiger partial charge is 0.508 e. The van der Waals surface area contributed by atoms with E-state index in [1.807, 2.05) is 0 Å². The number of phenolic OH excluding ortho intramolecular Hbond substituents is 1. The normalized spacial score (nSPS) is 14.3. The van der Waals surface area contributed by atoms with Crippen molar-refractivity contribution in [1.82, 2.24) is 101 Å². The van der Waals surface area contributed by atoms with Crippen molar-refractivity contribution in [3.05, 3.63) is 29.8 Å². The first-order valence-electron chi connectivity index (χ1n) is 37.6. The number of guanidine groups is 3. The van der Waals surface area contributed by atoms with Crippen LogP contribution in [0.15, 0.2) is 24.3 Å². The summed E-state index contributed by atoms with van der Waals surface area (Å²) in [6.07, 6.45) is -4.48. The molecule has 0 fully saturated rings. The summed E-state index contributed by atoms with van der Waals surface area (Å²) in [4.78, 5) is 252. The smallest absolute Gasteiger partial charge is 0.305 e. The molecule has 1 aromatic rings. The molecule has 0 aliphatic carbocycles. The van der Waals surface area contributed by atoms with Crippen molar-refractivity contribution in [1.29, 1.82) is 16.2 Å². The van der Waals surface area contributed by atoms with Gasteiger partial charge in [0.15, 0.2) is 17.9 Å². The maximum absolute atomic E-state index is 14.6. The molecule has 682 valence electrons. The predicted molar refractivity (Wildman–Crippen MR) is 421 cm³/mol. The van der Waals surface area contributed by atoms with E-state index in [4.69, 9.17) is 44.9 Å². The Hall–Kier alpha value is -13.5. The first kappa shape index (κ1) is 107. The molecule has 0 aromatic heterocycles. The van der Waals surface area contributed by atoms with Crippen molar-refractivity contribution < 1.29 is 132 Å². The molecule has 0 bridgehead atoms. The Kier molecular flexibility index (Phi) is 49.0. The molecule has 17 amide bonds. The van der Waals surface area contributed by atoms with E-state index in [1.165, 1.54) is 45.0 Å². The van der Waals surface area contributed by atoms with Crippen LogP contribution >= 0.6 is 0 Å². The van der Waals surface area contributed by atoms with E-state index in [2.05, 4.69) is 101 Å². The van der Waals surface area contributed by atoms with Crippen molar-refractivity contribution in [2.45, 2.75) is 176 Å². The number of carboxylic acids is 2. The van der Waals surface area contributed by atoms with Gasteiger partial charge in [0, 0.05) is 32.5 Å². The first-order valence-corrected chi connectivity index (χ1v) is 37.6. The minimum Gasteiger partial charge on any atom is -0.508 e. The zero-order valence-electron chi connectivity index (χ0n) is 67.0. The van der Waals surface area contributed by atoms with Gasteiger partial charge in [-0.1, -0.05) is 26.0 Å². The number of aliphatic hydroxyl groups is 5. The van der Waals surface area contributed by atoms with Crippen LogP contribution in [-0.4, -0.2) is 328 Å². The Bertz CT molecular complexity index is 3820. The number of aliphatic carboxylic acids is 2. The van der Waals surface area contributed by atoms with E-state index in [0.29, 0.717) is 0 Å². The van der Waals surface area contributed by atoms with E-state index < -0.39 is 299 Å². The molecule has 0 heterocycles. The van der Waals surface area contributed by atoms with Gasteiger partial charge in [0.1, 0.15) is 84.3 Å². The lowest BCUT2D eigenvalue weighted by Gasteiger charge is -2.29. The fraction of sp³-hybridized carbons (Fsp3) is 0.588. The number of aliphatic hydroxyl groups excluding tert-OH is 5. The SMILES string of the molecule is CC(C)[C@H](NC(=O)[C@H](CCC(=O)O)NC(=O)[C@H](Cc1ccc(O)cc1)NC(=O)[C@H](CCCNC(=N)N)NC(=O)[C@H](CO)NC(=O)[C@H](CO)NC(=O)[C@H](C)N)C(=O)N[C@@H](CC(=O)O)C(=O)N[C@@H](CO)C(=O)N[C@@H](CCCNC(=N)N)C(=O)NCC(=O)N[C@@H](CCCNC(=N)N)C(=O)NCC(=O)N[C@@H](CO)C(=O)N[C@@H](C)C(=O)N[C@@H](CO)C(=O)NCC(N)=O. The highest BCUT2D eigenvalue weighted by Crippen LogP contribution is 2.15. The summed E-state index contributed by atoms with van der Waals surface area (Å²) in [7, 11) is 0. The predicted octanol–water partition coefficient (Wildman–Crippen LogP) is -16.8. The van der Waals surface area contributed by atoms with Gasteiger partial charge in [-0.15, -0.1) is 0 Å². The second-order valence-corrected chi connectivity index (χ2v) is 27.4. The van der Waals surface area contributed by atoms with Crippen LogP contribution in [0.3, 0.4) is 0 Å². The molecule has 0 spiro atoms. The molecule has 54 heteroatoms. The lowest BCUT2D eigenvalue weighted by Crippen LogP contribution is -2.62. The fourth-order valence-electron chi connectivity index (χ4n) is 10.4. The van der Waals surface area contributed by atoms with Gasteiger partial charge in [-0.2, -0.15) is 0 Å². The third-order valence-corrected chi connectivity index (χ3v) is 17.0. The molecule has 54 nitrogen and oxygen atoms in total. The van der Waals surface area contributed by atoms with Gasteiger partial charge in [-0.3, -0.25) is 107 Å². The van der Waals surface area contributed by atoms with Gasteiger partial charge in [-0.25, -0.2) is 0 Å². The standard InChI is InChI=1S/C68H113N27O27/c1-30(2)51(95-58(115)38(15-16-49(105)106)88-59(116)39(20-33-11-13-34(101)14-12-33)89-57(114)37(10-7-19-79-68(75)76)87-63(120)45(29-100)94-64(121)43(27-98)91-52(109)31(3)69)65(122)90-40(21-50(107)108)60(117)93-44(28-99)62(119)86-36(9-6-18-78-67(73)74)55(112)82-23-47(103)84-35(8-5-17-77-66(71)72)54(111)81-24-48(104)85-42(26-97)61(118)83-32(4)53(110)92-41(25-96)56(113)80-22-46(70)102/h11-14,30-32,35-45,51,96-101H,5-10,15-29,69H2,1-4H3,(H2,70,102)(H,80,113)(H,81,111)(H,82,112)(H,83,118)(H,84,103)(H,85,104)(H,86,119)(H,87,120)(H,88,116)(H,89,114)(H,90,122)(H,91,109)(H,92,110)(H,93,117)(H,94,121)(H,95,115)(H,105,106)(H,107,108)(H4,71,72,77)(H4,73,74,78)(H4,75,76,79)/t31-,32-,35-,36-,37-,38-,39-,40-,41-,42-,43-,44-,45-,51-/m0/s1. The average Bonchev–Trinajstić information content (AvgIpc) is 0.846. The summed E-state index contributed by atoms with van der Waals surface area (Å²) in [6, 6.07) is -19.3. The van der Waals surface area contributed by atoms with Gasteiger partial charge in [0.05, 0.1) is 65.1 Å². The lowest BCUT2D eigenvalue weighted by atomic mass is 10.0. The zero-order valence-corrected chi connectivity index (χ0v) is 67.0. The molecular formula is C68H113N27O27. The Morgan fingerprint density at radius 1 is 0.344 bits per heavy atom. The molecule has 0 aliphatic heterocycles. The molecule has 0 saturated heterocycles. The number of nitrogens with one attached hydrogen (secondary N) is 22. The third kappa shape index (κ3) is 42.3. The molecule has 0 unspecified atom stereocenters. The maximum atomic E-state index is 14.6. The summed E-state index contributed by atoms with van der Waals surface area (Å²) >= 11 is 0. The average molecular weight is 1740 g/mol. The zero-order chi connectivity index (χ0) is 92.6. The Morgan fingerprint density at radius 2 is 0.656 bits per heavy atom. The number of hydrogen-bond donors (Lipinski definition) is 35. The van der Waals surface area contributed by atoms with Crippen LogP contribution < -0.4 is 130 Å². The first-order chi connectivity index (χ1) is 57.3. The second kappa shape index (κ2) is 56.1. The van der Waals surface area contributed by atoms with Gasteiger partial charge < -0.3 is 171 Å². The van der Waals surface area contributed by atoms with Crippen molar-refractivity contribution >= 4 is 130 Å². The molecule has 1 rings (SSSR count). The van der Waals surface area contributed by atoms with Crippen LogP contribution in [0.4, 0.5) is 0 Å². The Balaban J connectivity index is 3.55. The molecule has 0 radical (unpaired) electrons. The topological polar surface area (TPSA) is 916 Å². The minimum atomic E-state index is -2.19. The van der Waals surface area contributed by atoms with Crippen LogP contribution in [0, 0.1) is 22.1 Å². The summed E-state index contributed by atoms with van der Waals surface area (Å²) in [5.41, 5.74) is 26.9. The number of carbonyl (C=O) groups is 19. The summed E-state index contributed by atoms with van der Waals surface area (Å²) < 4.78 is 0. The van der Waals surface area contributed by atoms with E-state index in [0.717, 1.165) is 6.92 Å². The van der Waals surface area contributed by atoms with E-state index in [-0.39, 0.29) is 69.5 Å².